The number of anilines is 2. The van der Waals surface area contributed by atoms with E-state index in [-0.39, 0.29) is 29.6 Å². The number of ketones is 1. The Labute approximate surface area is 159 Å². The normalized spacial score (nSPS) is 10.5. The van der Waals surface area contributed by atoms with Crippen molar-refractivity contribution < 1.29 is 14.4 Å². The second-order valence-electron chi connectivity index (χ2n) is 6.12. The molecule has 142 valence electrons. The number of rotatable bonds is 5. The van der Waals surface area contributed by atoms with Crippen LogP contribution in [-0.4, -0.2) is 32.6 Å². The summed E-state index contributed by atoms with van der Waals surface area (Å²) in [5.74, 6) is -1.10. The Morgan fingerprint density at radius 3 is 2.43 bits per heavy atom. The molecule has 2 aromatic carbocycles. The third-order valence-electron chi connectivity index (χ3n) is 3.87. The molecule has 0 saturated heterocycles. The molecule has 0 saturated carbocycles. The molecule has 0 spiro atoms. The molecular weight excluding hydrogens is 362 g/mol. The van der Waals surface area contributed by atoms with E-state index in [1.54, 1.807) is 24.3 Å². The molecule has 2 N–H and O–H groups in total. The lowest BCUT2D eigenvalue weighted by Gasteiger charge is -2.12. The lowest BCUT2D eigenvalue weighted by Crippen LogP contribution is -2.28. The lowest BCUT2D eigenvalue weighted by molar-refractivity contribution is -0.115. The van der Waals surface area contributed by atoms with Gasteiger partial charge in [-0.05, 0) is 30.3 Å². The smallest absolute Gasteiger partial charge is 0.278 e. The van der Waals surface area contributed by atoms with Crippen molar-refractivity contribution in [2.45, 2.75) is 20.4 Å². The number of hydrogen-bond acceptors (Lipinski definition) is 6. The maximum atomic E-state index is 12.8. The standard InChI is InChI=1S/C19H17N5O4/c1-11(25)20-13-7-8-14(17(9-13)21-12(2)26)18(27)10-24-19(28)15-5-3-4-6-16(15)22-23-24/h3-9H,10H2,1-2H3,(H,20,25)(H,21,26). The van der Waals surface area contributed by atoms with Gasteiger partial charge in [-0.15, -0.1) is 5.10 Å². The van der Waals surface area contributed by atoms with Gasteiger partial charge in [0.05, 0.1) is 11.1 Å². The SMILES string of the molecule is CC(=O)Nc1ccc(C(=O)Cn2nnc3ccccc3c2=O)c(NC(C)=O)c1. The Morgan fingerprint density at radius 1 is 1.00 bits per heavy atom. The third kappa shape index (κ3) is 4.09. The molecule has 2 amide bonds. The number of nitrogens with zero attached hydrogens (tertiary/aromatic N) is 3. The zero-order chi connectivity index (χ0) is 20.3. The van der Waals surface area contributed by atoms with Gasteiger partial charge in [0.15, 0.2) is 5.78 Å². The predicted molar refractivity (Wildman–Crippen MR) is 103 cm³/mol. The van der Waals surface area contributed by atoms with Gasteiger partial charge in [-0.2, -0.15) is 0 Å². The van der Waals surface area contributed by atoms with Crippen LogP contribution in [0.25, 0.3) is 10.9 Å². The van der Waals surface area contributed by atoms with E-state index in [2.05, 4.69) is 20.9 Å². The van der Waals surface area contributed by atoms with Crippen LogP contribution < -0.4 is 16.2 Å². The quantitative estimate of drug-likeness (QED) is 0.649. The minimum absolute atomic E-state index is 0.186. The molecular formula is C19H17N5O4. The van der Waals surface area contributed by atoms with Crippen molar-refractivity contribution in [1.82, 2.24) is 15.0 Å². The molecule has 0 aliphatic rings. The first-order valence-electron chi connectivity index (χ1n) is 8.40. The molecule has 9 heteroatoms. The maximum Gasteiger partial charge on any atom is 0.278 e. The molecule has 0 aliphatic heterocycles. The second kappa shape index (κ2) is 7.78. The summed E-state index contributed by atoms with van der Waals surface area (Å²) in [7, 11) is 0. The number of Topliss-reactive ketones (excluding diaryl/α,β-unsaturated/α-hetero) is 1. The fraction of sp³-hybridized carbons (Fsp3) is 0.158. The molecule has 1 heterocycles. The maximum absolute atomic E-state index is 12.8. The van der Waals surface area contributed by atoms with Crippen LogP contribution in [0.2, 0.25) is 0 Å². The Hall–Kier alpha value is -3.88. The van der Waals surface area contributed by atoms with Gasteiger partial charge in [-0.25, -0.2) is 4.68 Å². The van der Waals surface area contributed by atoms with Crippen molar-refractivity contribution in [1.29, 1.82) is 0 Å². The van der Waals surface area contributed by atoms with Crippen LogP contribution in [0.5, 0.6) is 0 Å². The number of nitrogens with one attached hydrogen (secondary N) is 2. The van der Waals surface area contributed by atoms with Gasteiger partial charge < -0.3 is 10.6 Å². The van der Waals surface area contributed by atoms with Crippen LogP contribution in [-0.2, 0) is 16.1 Å². The highest BCUT2D eigenvalue weighted by Gasteiger charge is 2.16. The highest BCUT2D eigenvalue weighted by atomic mass is 16.2. The molecule has 0 fully saturated rings. The van der Waals surface area contributed by atoms with Crippen molar-refractivity contribution in [2.24, 2.45) is 0 Å². The van der Waals surface area contributed by atoms with Gasteiger partial charge in [-0.1, -0.05) is 17.3 Å². The Bertz CT molecular complexity index is 1150. The molecule has 0 radical (unpaired) electrons. The van der Waals surface area contributed by atoms with E-state index in [1.807, 2.05) is 0 Å². The van der Waals surface area contributed by atoms with Crippen LogP contribution in [0.1, 0.15) is 24.2 Å². The van der Waals surface area contributed by atoms with Crippen LogP contribution in [0.15, 0.2) is 47.3 Å². The number of carbonyl (C=O) groups is 3. The van der Waals surface area contributed by atoms with Gasteiger partial charge in [0.25, 0.3) is 5.56 Å². The third-order valence-corrected chi connectivity index (χ3v) is 3.87. The van der Waals surface area contributed by atoms with Crippen LogP contribution in [0.3, 0.4) is 0 Å². The monoisotopic (exact) mass is 379 g/mol. The van der Waals surface area contributed by atoms with E-state index in [9.17, 15) is 19.2 Å². The summed E-state index contributed by atoms with van der Waals surface area (Å²) < 4.78 is 0.976. The first kappa shape index (κ1) is 18.9. The van der Waals surface area contributed by atoms with E-state index in [4.69, 9.17) is 0 Å². The van der Waals surface area contributed by atoms with Crippen LogP contribution in [0.4, 0.5) is 11.4 Å². The summed E-state index contributed by atoms with van der Waals surface area (Å²) in [6.07, 6.45) is 0. The fourth-order valence-corrected chi connectivity index (χ4v) is 2.71. The molecule has 3 rings (SSSR count). The summed E-state index contributed by atoms with van der Waals surface area (Å²) in [4.78, 5) is 48.0. The molecule has 0 unspecified atom stereocenters. The van der Waals surface area contributed by atoms with Crippen LogP contribution in [0, 0.1) is 0 Å². The lowest BCUT2D eigenvalue weighted by atomic mass is 10.1. The molecule has 0 bridgehead atoms. The average molecular weight is 379 g/mol. The average Bonchev–Trinajstić information content (AvgIpc) is 2.63. The minimum Gasteiger partial charge on any atom is -0.326 e. The molecule has 1 aromatic heterocycles. The van der Waals surface area contributed by atoms with Gasteiger partial charge in [0.2, 0.25) is 11.8 Å². The van der Waals surface area contributed by atoms with Crippen molar-refractivity contribution in [2.75, 3.05) is 10.6 Å². The number of amides is 2. The largest absolute Gasteiger partial charge is 0.326 e. The highest BCUT2D eigenvalue weighted by Crippen LogP contribution is 2.22. The van der Waals surface area contributed by atoms with Crippen molar-refractivity contribution in [3.63, 3.8) is 0 Å². The number of hydrogen-bond donors (Lipinski definition) is 2. The Kier molecular flexibility index (Phi) is 5.25. The molecule has 0 atom stereocenters. The summed E-state index contributed by atoms with van der Waals surface area (Å²) in [5, 5.41) is 13.3. The van der Waals surface area contributed by atoms with Crippen LogP contribution >= 0.6 is 0 Å². The Morgan fingerprint density at radius 2 is 1.71 bits per heavy atom. The van der Waals surface area contributed by atoms with Crippen molar-refractivity contribution in [3.8, 4) is 0 Å². The number of carbonyl (C=O) groups excluding carboxylic acids is 3. The van der Waals surface area contributed by atoms with Crippen molar-refractivity contribution >= 4 is 39.9 Å². The zero-order valence-corrected chi connectivity index (χ0v) is 15.2. The summed E-state index contributed by atoms with van der Waals surface area (Å²) in [6.45, 7) is 2.31. The topological polar surface area (TPSA) is 123 Å². The fourth-order valence-electron chi connectivity index (χ4n) is 2.71. The van der Waals surface area contributed by atoms with E-state index in [1.165, 1.54) is 32.0 Å². The minimum atomic E-state index is -0.440. The van der Waals surface area contributed by atoms with Gasteiger partial charge in [0.1, 0.15) is 12.1 Å². The number of benzene rings is 2. The van der Waals surface area contributed by atoms with E-state index < -0.39 is 11.3 Å². The summed E-state index contributed by atoms with van der Waals surface area (Å²) in [5.41, 5.74) is 0.844. The van der Waals surface area contributed by atoms with Gasteiger partial charge in [0, 0.05) is 25.1 Å². The van der Waals surface area contributed by atoms with Gasteiger partial charge >= 0.3 is 0 Å². The summed E-state index contributed by atoms with van der Waals surface area (Å²) >= 11 is 0. The van der Waals surface area contributed by atoms with E-state index >= 15 is 0 Å². The zero-order valence-electron chi connectivity index (χ0n) is 15.2. The first-order chi connectivity index (χ1) is 13.3. The summed E-state index contributed by atoms with van der Waals surface area (Å²) in [6, 6.07) is 11.2. The molecule has 0 aliphatic carbocycles. The first-order valence-corrected chi connectivity index (χ1v) is 8.40. The molecule has 28 heavy (non-hydrogen) atoms. The predicted octanol–water partition coefficient (Wildman–Crippen LogP) is 1.59. The highest BCUT2D eigenvalue weighted by molar-refractivity contribution is 6.05. The van der Waals surface area contributed by atoms with Crippen molar-refractivity contribution in [3.05, 3.63) is 58.4 Å². The van der Waals surface area contributed by atoms with Gasteiger partial charge in [-0.3, -0.25) is 19.2 Å². The number of fused-ring (bicyclic) bond motifs is 1. The number of aromatic nitrogens is 3. The second-order valence-corrected chi connectivity index (χ2v) is 6.12. The van der Waals surface area contributed by atoms with E-state index in [0.29, 0.717) is 16.6 Å². The molecule has 9 nitrogen and oxygen atoms in total. The molecule has 3 aromatic rings. The Balaban J connectivity index is 1.95. The van der Waals surface area contributed by atoms with E-state index in [0.717, 1.165) is 4.68 Å².